The molecule has 132 valence electrons. The molecule has 2 fully saturated rings. The smallest absolute Gasteiger partial charge is 0.247 e. The molecule has 24 heavy (non-hydrogen) atoms. The highest BCUT2D eigenvalue weighted by molar-refractivity contribution is 7.89. The fraction of sp³-hybridized carbons (Fsp3) is 0.667. The second-order valence-corrected chi connectivity index (χ2v) is 9.06. The van der Waals surface area contributed by atoms with Crippen LogP contribution in [0, 0.1) is 5.92 Å². The van der Waals surface area contributed by atoms with E-state index in [1.807, 2.05) is 6.07 Å². The summed E-state index contributed by atoms with van der Waals surface area (Å²) in [7, 11) is -3.50. The van der Waals surface area contributed by atoms with E-state index in [-0.39, 0.29) is 12.1 Å². The van der Waals surface area contributed by atoms with Crippen LogP contribution in [0.4, 0.5) is 0 Å². The summed E-state index contributed by atoms with van der Waals surface area (Å²) in [5.74, 6) is 1.05. The Morgan fingerprint density at radius 1 is 1.12 bits per heavy atom. The summed E-state index contributed by atoms with van der Waals surface area (Å²) in [6.07, 6.45) is 3.96. The molecule has 2 atom stereocenters. The van der Waals surface area contributed by atoms with Gasteiger partial charge in [0.15, 0.2) is 0 Å². The van der Waals surface area contributed by atoms with Crippen LogP contribution in [0.15, 0.2) is 29.2 Å². The summed E-state index contributed by atoms with van der Waals surface area (Å²) < 4.78 is 34.7. The van der Waals surface area contributed by atoms with Gasteiger partial charge in [0.2, 0.25) is 10.0 Å². The molecule has 1 saturated heterocycles. The lowest BCUT2D eigenvalue weighted by atomic mass is 10.1. The molecule has 1 aromatic carbocycles. The minimum atomic E-state index is -3.50. The topological polar surface area (TPSA) is 49.9 Å². The zero-order valence-corrected chi connectivity index (χ0v) is 15.0. The molecule has 2 heterocycles. The van der Waals surface area contributed by atoms with E-state index >= 15 is 0 Å². The van der Waals surface area contributed by atoms with Crippen LogP contribution in [0.2, 0.25) is 0 Å². The van der Waals surface area contributed by atoms with E-state index in [4.69, 9.17) is 4.74 Å². The lowest BCUT2D eigenvalue weighted by Crippen LogP contribution is -2.48. The molecule has 0 amide bonds. The molecule has 5 nitrogen and oxygen atoms in total. The van der Waals surface area contributed by atoms with Crippen LogP contribution in [0.25, 0.3) is 0 Å². The van der Waals surface area contributed by atoms with Gasteiger partial charge in [-0.15, -0.1) is 0 Å². The molecule has 3 aliphatic rings. The highest BCUT2D eigenvalue weighted by atomic mass is 32.2. The largest absolute Gasteiger partial charge is 0.487 e. The maximum atomic E-state index is 13.3. The van der Waals surface area contributed by atoms with E-state index in [2.05, 4.69) is 11.8 Å². The summed E-state index contributed by atoms with van der Waals surface area (Å²) in [6, 6.07) is 7.07. The predicted octanol–water partition coefficient (Wildman–Crippen LogP) is 2.33. The molecule has 0 aromatic heterocycles. The molecule has 2 aliphatic heterocycles. The third-order valence-electron chi connectivity index (χ3n) is 5.57. The number of likely N-dealkylation sites (tertiary alicyclic amines) is 1. The highest BCUT2D eigenvalue weighted by Gasteiger charge is 2.44. The molecule has 4 rings (SSSR count). The molecule has 1 aliphatic carbocycles. The zero-order chi connectivity index (χ0) is 16.7. The number of ether oxygens (including phenoxy) is 1. The van der Waals surface area contributed by atoms with E-state index < -0.39 is 10.0 Å². The lowest BCUT2D eigenvalue weighted by Gasteiger charge is -2.31. The number of fused-ring (bicyclic) bond motifs is 2. The second-order valence-electron chi connectivity index (χ2n) is 7.20. The van der Waals surface area contributed by atoms with E-state index in [0.717, 1.165) is 45.3 Å². The van der Waals surface area contributed by atoms with E-state index in [1.54, 1.807) is 22.5 Å². The molecule has 6 heteroatoms. The fourth-order valence-corrected chi connectivity index (χ4v) is 5.79. The number of sulfonamides is 1. The molecule has 0 radical (unpaired) electrons. The minimum absolute atomic E-state index is 0.0560. The Kier molecular flexibility index (Phi) is 4.31. The number of hydrogen-bond acceptors (Lipinski definition) is 4. The third-order valence-corrected chi connectivity index (χ3v) is 7.50. The van der Waals surface area contributed by atoms with Crippen molar-refractivity contribution in [3.63, 3.8) is 0 Å². The number of nitrogens with zero attached hydrogens (tertiary/aromatic N) is 2. The number of hydrogen-bond donors (Lipinski definition) is 0. The molecule has 1 aromatic rings. The molecule has 1 saturated carbocycles. The van der Waals surface area contributed by atoms with E-state index in [9.17, 15) is 8.42 Å². The first-order valence-electron chi connectivity index (χ1n) is 9.09. The van der Waals surface area contributed by atoms with E-state index in [1.165, 1.54) is 0 Å². The summed E-state index contributed by atoms with van der Waals surface area (Å²) in [4.78, 5) is 2.73. The van der Waals surface area contributed by atoms with Gasteiger partial charge < -0.3 is 9.64 Å². The van der Waals surface area contributed by atoms with Crippen molar-refractivity contribution >= 4 is 10.0 Å². The normalized spacial score (nSPS) is 30.5. The van der Waals surface area contributed by atoms with Crippen molar-refractivity contribution in [3.8, 4) is 5.75 Å². The highest BCUT2D eigenvalue weighted by Crippen LogP contribution is 2.39. The van der Waals surface area contributed by atoms with Crippen LogP contribution in [0.3, 0.4) is 0 Å². The summed E-state index contributed by atoms with van der Waals surface area (Å²) >= 11 is 0. The minimum Gasteiger partial charge on any atom is -0.487 e. The fourth-order valence-electron chi connectivity index (χ4n) is 3.91. The Balaban J connectivity index is 1.75. The first-order valence-corrected chi connectivity index (χ1v) is 10.5. The van der Waals surface area contributed by atoms with Gasteiger partial charge in [0.1, 0.15) is 16.7 Å². The number of rotatable bonds is 3. The summed E-state index contributed by atoms with van der Waals surface area (Å²) in [5.41, 5.74) is 0. The van der Waals surface area contributed by atoms with Crippen LogP contribution in [-0.4, -0.2) is 55.9 Å². The SMILES string of the molecule is CCN1CC[C@@H]2Oc3ccccc3S(=O)(=O)N(CC3CC3)[C@@H]2CC1. The number of para-hydroxylation sites is 1. The first-order chi connectivity index (χ1) is 11.6. The Morgan fingerprint density at radius 3 is 2.62 bits per heavy atom. The van der Waals surface area contributed by atoms with Gasteiger partial charge in [-0.25, -0.2) is 8.42 Å². The van der Waals surface area contributed by atoms with Gasteiger partial charge in [0, 0.05) is 13.1 Å². The summed E-state index contributed by atoms with van der Waals surface area (Å²) in [5, 5.41) is 0. The Bertz CT molecular complexity index is 702. The van der Waals surface area contributed by atoms with Gasteiger partial charge in [-0.05, 0) is 56.8 Å². The van der Waals surface area contributed by atoms with Crippen molar-refractivity contribution in [2.24, 2.45) is 5.92 Å². The van der Waals surface area contributed by atoms with Crippen molar-refractivity contribution in [1.29, 1.82) is 0 Å². The van der Waals surface area contributed by atoms with Crippen molar-refractivity contribution in [1.82, 2.24) is 9.21 Å². The Labute approximate surface area is 144 Å². The first kappa shape index (κ1) is 16.4. The molecule has 0 N–H and O–H groups in total. The van der Waals surface area contributed by atoms with E-state index in [0.29, 0.717) is 23.1 Å². The molecular formula is C18H26N2O3S. The molecule has 0 unspecified atom stereocenters. The predicted molar refractivity (Wildman–Crippen MR) is 92.6 cm³/mol. The molecule has 0 spiro atoms. The van der Waals surface area contributed by atoms with Crippen molar-refractivity contribution < 1.29 is 13.2 Å². The van der Waals surface area contributed by atoms with Gasteiger partial charge in [-0.2, -0.15) is 4.31 Å². The van der Waals surface area contributed by atoms with Crippen LogP contribution >= 0.6 is 0 Å². The van der Waals surface area contributed by atoms with Crippen LogP contribution in [0.5, 0.6) is 5.75 Å². The van der Waals surface area contributed by atoms with Crippen LogP contribution < -0.4 is 4.74 Å². The van der Waals surface area contributed by atoms with Crippen molar-refractivity contribution in [2.75, 3.05) is 26.2 Å². The zero-order valence-electron chi connectivity index (χ0n) is 14.2. The molecule has 0 bridgehead atoms. The molecular weight excluding hydrogens is 324 g/mol. The number of benzene rings is 1. The van der Waals surface area contributed by atoms with Crippen LogP contribution in [0.1, 0.15) is 32.6 Å². The average Bonchev–Trinajstić information content (AvgIpc) is 3.40. The lowest BCUT2D eigenvalue weighted by molar-refractivity contribution is 0.111. The van der Waals surface area contributed by atoms with Crippen molar-refractivity contribution in [3.05, 3.63) is 24.3 Å². The average molecular weight is 350 g/mol. The van der Waals surface area contributed by atoms with Gasteiger partial charge >= 0.3 is 0 Å². The van der Waals surface area contributed by atoms with Gasteiger partial charge in [-0.3, -0.25) is 0 Å². The maximum Gasteiger partial charge on any atom is 0.247 e. The Morgan fingerprint density at radius 2 is 1.88 bits per heavy atom. The maximum absolute atomic E-state index is 13.3. The van der Waals surface area contributed by atoms with Crippen molar-refractivity contribution in [2.45, 2.75) is 49.6 Å². The quantitative estimate of drug-likeness (QED) is 0.840. The van der Waals surface area contributed by atoms with Gasteiger partial charge in [0.05, 0.1) is 6.04 Å². The van der Waals surface area contributed by atoms with Gasteiger partial charge in [0.25, 0.3) is 0 Å². The van der Waals surface area contributed by atoms with Crippen LogP contribution in [-0.2, 0) is 10.0 Å². The van der Waals surface area contributed by atoms with Gasteiger partial charge in [-0.1, -0.05) is 19.1 Å². The second kappa shape index (κ2) is 6.32. The monoisotopic (exact) mass is 350 g/mol. The standard InChI is InChI=1S/C18H26N2O3S/c1-2-19-11-9-15-16(10-12-19)23-17-5-3-4-6-18(17)24(21,22)20(15)13-14-7-8-14/h3-6,14-16H,2,7-13H2,1H3/t15-,16+/m1/s1. The Hall–Kier alpha value is -1.11. The third kappa shape index (κ3) is 2.95. The summed E-state index contributed by atoms with van der Waals surface area (Å²) in [6.45, 7) is 5.72.